The number of anilines is 1. The molecule has 0 unspecified atom stereocenters. The molecule has 1 amide bonds. The molecule has 0 aliphatic heterocycles. The fraction of sp³-hybridized carbons (Fsp3) is 0.130. The second kappa shape index (κ2) is 7.82. The summed E-state index contributed by atoms with van der Waals surface area (Å²) in [7, 11) is 0. The lowest BCUT2D eigenvalue weighted by molar-refractivity contribution is -0.115. The second-order valence-electron chi connectivity index (χ2n) is 6.39. The zero-order valence-electron chi connectivity index (χ0n) is 15.4. The Bertz CT molecular complexity index is 1170. The van der Waals surface area contributed by atoms with Crippen LogP contribution in [0.3, 0.4) is 0 Å². The first-order chi connectivity index (χ1) is 13.7. The van der Waals surface area contributed by atoms with E-state index in [0.29, 0.717) is 10.6 Å². The molecule has 4 rings (SSSR count). The summed E-state index contributed by atoms with van der Waals surface area (Å²) in [6.45, 7) is 2.05. The van der Waals surface area contributed by atoms with Gasteiger partial charge < -0.3 is 10.1 Å². The van der Waals surface area contributed by atoms with E-state index in [2.05, 4.69) is 5.32 Å². The van der Waals surface area contributed by atoms with Gasteiger partial charge in [0.05, 0.1) is 13.0 Å². The van der Waals surface area contributed by atoms with Gasteiger partial charge in [0, 0.05) is 10.1 Å². The third-order valence-corrected chi connectivity index (χ3v) is 5.65. The Balaban J connectivity index is 1.65. The van der Waals surface area contributed by atoms with Crippen LogP contribution in [0.25, 0.3) is 20.9 Å². The number of ether oxygens (including phenoxy) is 1. The highest BCUT2D eigenvalue weighted by atomic mass is 32.1. The second-order valence-corrected chi connectivity index (χ2v) is 7.44. The molecule has 0 fully saturated rings. The van der Waals surface area contributed by atoms with E-state index in [1.54, 1.807) is 6.92 Å². The van der Waals surface area contributed by atoms with Crippen LogP contribution in [0.2, 0.25) is 0 Å². The molecule has 0 radical (unpaired) electrons. The molecular weight excluding hydrogens is 370 g/mol. The molecule has 140 valence electrons. The van der Waals surface area contributed by atoms with E-state index in [1.807, 2.05) is 66.7 Å². The van der Waals surface area contributed by atoms with Crippen molar-refractivity contribution in [3.8, 4) is 0 Å². The maximum Gasteiger partial charge on any atom is 0.341 e. The SMILES string of the molecule is CCOC(=O)c1c(NC(=O)Cc2cccc3ccccc23)sc2ccccc12. The molecule has 0 bridgehead atoms. The molecule has 5 heteroatoms. The summed E-state index contributed by atoms with van der Waals surface area (Å²) in [5.74, 6) is -0.575. The quantitative estimate of drug-likeness (QED) is 0.464. The molecule has 3 aromatic carbocycles. The van der Waals surface area contributed by atoms with Crippen molar-refractivity contribution in [2.75, 3.05) is 11.9 Å². The Morgan fingerprint density at radius 3 is 2.46 bits per heavy atom. The zero-order chi connectivity index (χ0) is 19.5. The summed E-state index contributed by atoms with van der Waals surface area (Å²) < 4.78 is 6.15. The molecule has 0 saturated carbocycles. The molecule has 0 spiro atoms. The van der Waals surface area contributed by atoms with Gasteiger partial charge in [0.2, 0.25) is 5.91 Å². The van der Waals surface area contributed by atoms with Crippen LogP contribution in [0.4, 0.5) is 5.00 Å². The molecule has 0 atom stereocenters. The van der Waals surface area contributed by atoms with Crippen molar-refractivity contribution < 1.29 is 14.3 Å². The number of benzene rings is 3. The van der Waals surface area contributed by atoms with Crippen molar-refractivity contribution in [3.63, 3.8) is 0 Å². The monoisotopic (exact) mass is 389 g/mol. The number of esters is 1. The molecule has 28 heavy (non-hydrogen) atoms. The Kier molecular flexibility index (Phi) is 5.08. The van der Waals surface area contributed by atoms with Crippen molar-refractivity contribution in [1.29, 1.82) is 0 Å². The number of amides is 1. The van der Waals surface area contributed by atoms with Gasteiger partial charge in [-0.15, -0.1) is 11.3 Å². The number of fused-ring (bicyclic) bond motifs is 2. The highest BCUT2D eigenvalue weighted by molar-refractivity contribution is 7.23. The summed E-state index contributed by atoms with van der Waals surface area (Å²) in [4.78, 5) is 25.3. The summed E-state index contributed by atoms with van der Waals surface area (Å²) in [6.07, 6.45) is 0.234. The van der Waals surface area contributed by atoms with E-state index in [-0.39, 0.29) is 18.9 Å². The van der Waals surface area contributed by atoms with E-state index in [1.165, 1.54) is 11.3 Å². The first-order valence-corrected chi connectivity index (χ1v) is 9.94. The lowest BCUT2D eigenvalue weighted by Gasteiger charge is -2.08. The predicted molar refractivity (Wildman–Crippen MR) is 114 cm³/mol. The lowest BCUT2D eigenvalue weighted by Crippen LogP contribution is -2.16. The molecule has 1 N–H and O–H groups in total. The lowest BCUT2D eigenvalue weighted by atomic mass is 10.0. The van der Waals surface area contributed by atoms with Crippen molar-refractivity contribution in [2.24, 2.45) is 0 Å². The molecule has 4 nitrogen and oxygen atoms in total. The average molecular weight is 389 g/mol. The Morgan fingerprint density at radius 1 is 0.929 bits per heavy atom. The summed E-state index contributed by atoms with van der Waals surface area (Å²) in [6, 6.07) is 21.5. The predicted octanol–water partition coefficient (Wildman–Crippen LogP) is 5.41. The standard InChI is InChI=1S/C23H19NO3S/c1-2-27-23(26)21-18-12-5-6-13-19(18)28-22(21)24-20(25)14-16-10-7-9-15-8-3-4-11-17(15)16/h3-13H,2,14H2,1H3,(H,24,25). The van der Waals surface area contributed by atoms with Crippen molar-refractivity contribution >= 4 is 49.1 Å². The molecule has 0 saturated heterocycles. The van der Waals surface area contributed by atoms with Gasteiger partial charge in [0.15, 0.2) is 0 Å². The molecule has 1 heterocycles. The van der Waals surface area contributed by atoms with Crippen LogP contribution in [0.1, 0.15) is 22.8 Å². The van der Waals surface area contributed by atoms with E-state index in [9.17, 15) is 9.59 Å². The van der Waals surface area contributed by atoms with Gasteiger partial charge in [-0.3, -0.25) is 4.79 Å². The van der Waals surface area contributed by atoms with E-state index < -0.39 is 5.97 Å². The van der Waals surface area contributed by atoms with Gasteiger partial charge in [-0.05, 0) is 29.3 Å². The third kappa shape index (κ3) is 3.49. The highest BCUT2D eigenvalue weighted by Crippen LogP contribution is 2.36. The van der Waals surface area contributed by atoms with E-state index in [4.69, 9.17) is 4.74 Å². The number of carbonyl (C=O) groups excluding carboxylic acids is 2. The number of carbonyl (C=O) groups is 2. The number of hydrogen-bond donors (Lipinski definition) is 1. The normalized spacial score (nSPS) is 10.9. The fourth-order valence-electron chi connectivity index (χ4n) is 3.33. The molecular formula is C23H19NO3S. The molecule has 4 aromatic rings. The zero-order valence-corrected chi connectivity index (χ0v) is 16.2. The summed E-state index contributed by atoms with van der Waals surface area (Å²) >= 11 is 1.39. The highest BCUT2D eigenvalue weighted by Gasteiger charge is 2.21. The van der Waals surface area contributed by atoms with Gasteiger partial charge in [-0.2, -0.15) is 0 Å². The van der Waals surface area contributed by atoms with Crippen molar-refractivity contribution in [1.82, 2.24) is 0 Å². The van der Waals surface area contributed by atoms with Crippen LogP contribution in [0, 0.1) is 0 Å². The van der Waals surface area contributed by atoms with Crippen LogP contribution < -0.4 is 5.32 Å². The number of rotatable bonds is 5. The minimum atomic E-state index is -0.416. The largest absolute Gasteiger partial charge is 0.462 e. The fourth-order valence-corrected chi connectivity index (χ4v) is 4.44. The van der Waals surface area contributed by atoms with Crippen molar-refractivity contribution in [3.05, 3.63) is 77.9 Å². The first-order valence-electron chi connectivity index (χ1n) is 9.12. The minimum absolute atomic E-state index is 0.159. The van der Waals surface area contributed by atoms with Crippen molar-refractivity contribution in [2.45, 2.75) is 13.3 Å². The number of thiophene rings is 1. The van der Waals surface area contributed by atoms with Crippen LogP contribution >= 0.6 is 11.3 Å². The number of hydrogen-bond acceptors (Lipinski definition) is 4. The van der Waals surface area contributed by atoms with E-state index >= 15 is 0 Å². The topological polar surface area (TPSA) is 55.4 Å². The maximum atomic E-state index is 12.8. The Morgan fingerprint density at radius 2 is 1.64 bits per heavy atom. The molecule has 0 aliphatic carbocycles. The Hall–Kier alpha value is -3.18. The van der Waals surface area contributed by atoms with Gasteiger partial charge in [-0.1, -0.05) is 60.7 Å². The Labute approximate surface area is 166 Å². The van der Waals surface area contributed by atoms with E-state index in [0.717, 1.165) is 26.4 Å². The first kappa shape index (κ1) is 18.2. The van der Waals surface area contributed by atoms with Crippen LogP contribution in [-0.4, -0.2) is 18.5 Å². The van der Waals surface area contributed by atoms with Crippen LogP contribution in [0.15, 0.2) is 66.7 Å². The molecule has 0 aliphatic rings. The summed E-state index contributed by atoms with van der Waals surface area (Å²) in [5, 5.41) is 6.42. The van der Waals surface area contributed by atoms with Gasteiger partial charge in [-0.25, -0.2) is 4.79 Å². The van der Waals surface area contributed by atoms with Crippen LogP contribution in [-0.2, 0) is 16.0 Å². The average Bonchev–Trinajstić information content (AvgIpc) is 3.06. The minimum Gasteiger partial charge on any atom is -0.462 e. The smallest absolute Gasteiger partial charge is 0.341 e. The maximum absolute atomic E-state index is 12.8. The van der Waals surface area contributed by atoms with Gasteiger partial charge >= 0.3 is 5.97 Å². The van der Waals surface area contributed by atoms with Crippen LogP contribution in [0.5, 0.6) is 0 Å². The number of nitrogens with one attached hydrogen (secondary N) is 1. The van der Waals surface area contributed by atoms with Gasteiger partial charge in [0.25, 0.3) is 0 Å². The molecule has 1 aromatic heterocycles. The van der Waals surface area contributed by atoms with Gasteiger partial charge in [0.1, 0.15) is 10.6 Å². The summed E-state index contributed by atoms with van der Waals surface area (Å²) in [5.41, 5.74) is 1.38. The third-order valence-electron chi connectivity index (χ3n) is 4.56.